The molecule has 0 radical (unpaired) electrons. The van der Waals surface area contributed by atoms with Crippen LogP contribution in [0.2, 0.25) is 0 Å². The van der Waals surface area contributed by atoms with E-state index in [1.54, 1.807) is 11.8 Å². The van der Waals surface area contributed by atoms with E-state index in [1.807, 2.05) is 0 Å². The molecule has 0 aromatic carbocycles. The number of piperidine rings is 2. The highest BCUT2D eigenvalue weighted by atomic mass is 19.4. The van der Waals surface area contributed by atoms with Crippen molar-refractivity contribution >= 4 is 23.8 Å². The number of rotatable bonds is 8. The van der Waals surface area contributed by atoms with Crippen molar-refractivity contribution < 1.29 is 46.9 Å². The van der Waals surface area contributed by atoms with Crippen molar-refractivity contribution in [2.75, 3.05) is 39.4 Å². The fourth-order valence-electron chi connectivity index (χ4n) is 3.49. The van der Waals surface area contributed by atoms with Crippen LogP contribution in [0.25, 0.3) is 0 Å². The van der Waals surface area contributed by atoms with Crippen LogP contribution in [0.1, 0.15) is 39.0 Å². The van der Waals surface area contributed by atoms with Crippen LogP contribution in [0.4, 0.5) is 13.2 Å². The smallest absolute Gasteiger partial charge is 0.475 e. The van der Waals surface area contributed by atoms with Crippen LogP contribution >= 0.6 is 0 Å². The lowest BCUT2D eigenvalue weighted by molar-refractivity contribution is -0.192. The lowest BCUT2D eigenvalue weighted by atomic mass is 9.96. The Kier molecular flexibility index (Phi) is 13.1. The Balaban J connectivity index is 0.000000762. The first-order valence-corrected chi connectivity index (χ1v) is 11.3. The summed E-state index contributed by atoms with van der Waals surface area (Å²) in [4.78, 5) is 47.2. The molecule has 10 nitrogen and oxygen atoms in total. The third-order valence-corrected chi connectivity index (χ3v) is 5.31. The molecule has 0 aromatic heterocycles. The van der Waals surface area contributed by atoms with Gasteiger partial charge in [0.25, 0.3) is 0 Å². The Labute approximate surface area is 201 Å². The number of likely N-dealkylation sites (tertiary alicyclic amines) is 1. The molecule has 2 rings (SSSR count). The van der Waals surface area contributed by atoms with Gasteiger partial charge in [0.05, 0.1) is 25.0 Å². The minimum atomic E-state index is -5.08. The highest BCUT2D eigenvalue weighted by Gasteiger charge is 2.38. The zero-order valence-corrected chi connectivity index (χ0v) is 19.6. The van der Waals surface area contributed by atoms with Gasteiger partial charge in [0.1, 0.15) is 12.6 Å². The molecule has 0 aromatic rings. The summed E-state index contributed by atoms with van der Waals surface area (Å²) in [7, 11) is 0. The van der Waals surface area contributed by atoms with E-state index in [4.69, 9.17) is 25.8 Å². The number of esters is 1. The monoisotopic (exact) mass is 507 g/mol. The Hall–Kier alpha value is -2.85. The zero-order valence-electron chi connectivity index (χ0n) is 19.6. The number of terminal acetylenes is 1. The quantitative estimate of drug-likeness (QED) is 0.323. The highest BCUT2D eigenvalue weighted by molar-refractivity contribution is 5.83. The van der Waals surface area contributed by atoms with Gasteiger partial charge in [0.15, 0.2) is 0 Å². The summed E-state index contributed by atoms with van der Waals surface area (Å²) in [5.74, 6) is -1.44. The van der Waals surface area contributed by atoms with Gasteiger partial charge in [0, 0.05) is 13.1 Å². The third-order valence-electron chi connectivity index (χ3n) is 5.31. The molecule has 2 heterocycles. The number of amides is 2. The van der Waals surface area contributed by atoms with Crippen LogP contribution in [-0.4, -0.2) is 91.5 Å². The third kappa shape index (κ3) is 11.9. The molecule has 2 atom stereocenters. The number of halogens is 3. The molecule has 1 unspecified atom stereocenters. The molecule has 198 valence electrons. The molecule has 35 heavy (non-hydrogen) atoms. The van der Waals surface area contributed by atoms with E-state index in [-0.39, 0.29) is 43.5 Å². The van der Waals surface area contributed by atoms with Gasteiger partial charge in [-0.15, -0.1) is 6.42 Å². The number of alkyl halides is 3. The van der Waals surface area contributed by atoms with E-state index >= 15 is 0 Å². The molecule has 0 aliphatic carbocycles. The van der Waals surface area contributed by atoms with Crippen molar-refractivity contribution in [3.8, 4) is 12.3 Å². The molecular formula is C22H32F3N3O7. The molecule has 2 aliphatic heterocycles. The van der Waals surface area contributed by atoms with Crippen LogP contribution in [-0.2, 0) is 28.7 Å². The van der Waals surface area contributed by atoms with Gasteiger partial charge < -0.3 is 30.1 Å². The lowest BCUT2D eigenvalue weighted by Crippen LogP contribution is -2.48. The first kappa shape index (κ1) is 30.2. The van der Waals surface area contributed by atoms with Crippen LogP contribution in [0.15, 0.2) is 0 Å². The van der Waals surface area contributed by atoms with E-state index in [9.17, 15) is 27.6 Å². The second kappa shape index (κ2) is 15.2. The second-order valence-electron chi connectivity index (χ2n) is 7.98. The Morgan fingerprint density at radius 1 is 1.23 bits per heavy atom. The van der Waals surface area contributed by atoms with Gasteiger partial charge in [-0.3, -0.25) is 14.4 Å². The summed E-state index contributed by atoms with van der Waals surface area (Å²) in [5.41, 5.74) is 0. The predicted molar refractivity (Wildman–Crippen MR) is 117 cm³/mol. The summed E-state index contributed by atoms with van der Waals surface area (Å²) in [6.45, 7) is 4.82. The summed E-state index contributed by atoms with van der Waals surface area (Å²) < 4.78 is 42.3. The topological polar surface area (TPSA) is 134 Å². The maximum Gasteiger partial charge on any atom is 0.490 e. The summed E-state index contributed by atoms with van der Waals surface area (Å²) in [5, 5.41) is 13.1. The van der Waals surface area contributed by atoms with Gasteiger partial charge in [-0.1, -0.05) is 5.92 Å². The first-order chi connectivity index (χ1) is 16.5. The van der Waals surface area contributed by atoms with Crippen molar-refractivity contribution in [1.82, 2.24) is 15.5 Å². The molecular weight excluding hydrogens is 475 g/mol. The standard InChI is InChI=1S/C20H31N3O5.C2HF3O2/c1-3-16(12-19(25)27-4-2)22-20(26)15-6-5-11-23(13-15)18(24)14-28-17-7-9-21-10-8-17;3-2(4,5)1(6)7/h1,15-17,21H,4-14H2,2H3,(H,22,26);(H,6,7)/t15-,16?;/m1./s1. The molecule has 2 amide bonds. The number of nitrogens with zero attached hydrogens (tertiary/aromatic N) is 1. The minimum Gasteiger partial charge on any atom is -0.475 e. The van der Waals surface area contributed by atoms with Gasteiger partial charge in [-0.2, -0.15) is 13.2 Å². The molecule has 3 N–H and O–H groups in total. The Morgan fingerprint density at radius 3 is 2.40 bits per heavy atom. The fourth-order valence-corrected chi connectivity index (χ4v) is 3.49. The number of ether oxygens (including phenoxy) is 2. The summed E-state index contributed by atoms with van der Waals surface area (Å²) in [6.07, 6.45) is 3.64. The van der Waals surface area contributed by atoms with Gasteiger partial charge in [0.2, 0.25) is 11.8 Å². The number of carboxylic acids is 1. The molecule has 2 aliphatic rings. The number of hydrogen-bond acceptors (Lipinski definition) is 7. The molecule has 13 heteroatoms. The minimum absolute atomic E-state index is 0.0504. The molecule has 2 fully saturated rings. The number of carbonyl (C=O) groups is 4. The lowest BCUT2D eigenvalue weighted by Gasteiger charge is -2.33. The summed E-state index contributed by atoms with van der Waals surface area (Å²) >= 11 is 0. The maximum absolute atomic E-state index is 12.5. The number of nitrogens with one attached hydrogen (secondary N) is 2. The number of carbonyl (C=O) groups excluding carboxylic acids is 3. The molecule has 2 saturated heterocycles. The van der Waals surface area contributed by atoms with E-state index in [1.165, 1.54) is 0 Å². The Morgan fingerprint density at radius 2 is 1.86 bits per heavy atom. The van der Waals surface area contributed by atoms with Crippen molar-refractivity contribution in [3.05, 3.63) is 0 Å². The van der Waals surface area contributed by atoms with Crippen LogP contribution < -0.4 is 10.6 Å². The molecule has 0 saturated carbocycles. The van der Waals surface area contributed by atoms with Crippen LogP contribution in [0, 0.1) is 18.3 Å². The highest BCUT2D eigenvalue weighted by Crippen LogP contribution is 2.18. The van der Waals surface area contributed by atoms with Crippen LogP contribution in [0.5, 0.6) is 0 Å². The predicted octanol–water partition coefficient (Wildman–Crippen LogP) is 0.698. The fraction of sp³-hybridized carbons (Fsp3) is 0.727. The number of hydrogen-bond donors (Lipinski definition) is 3. The zero-order chi connectivity index (χ0) is 26.4. The van der Waals surface area contributed by atoms with E-state index in [2.05, 4.69) is 16.6 Å². The molecule has 0 bridgehead atoms. The average molecular weight is 508 g/mol. The largest absolute Gasteiger partial charge is 0.490 e. The summed E-state index contributed by atoms with van der Waals surface area (Å²) in [6, 6.07) is -0.708. The van der Waals surface area contributed by atoms with E-state index in [0.717, 1.165) is 32.4 Å². The molecule has 0 spiro atoms. The Bertz CT molecular complexity index is 764. The van der Waals surface area contributed by atoms with E-state index < -0.39 is 24.2 Å². The SMILES string of the molecule is C#CC(CC(=O)OCC)NC(=O)[C@@H]1CCCN(C(=O)COC2CCNCC2)C1.O=C(O)C(F)(F)F. The van der Waals surface area contributed by atoms with Crippen molar-refractivity contribution in [2.45, 2.75) is 57.3 Å². The van der Waals surface area contributed by atoms with Crippen LogP contribution in [0.3, 0.4) is 0 Å². The van der Waals surface area contributed by atoms with Crippen molar-refractivity contribution in [3.63, 3.8) is 0 Å². The van der Waals surface area contributed by atoms with Gasteiger partial charge >= 0.3 is 18.1 Å². The van der Waals surface area contributed by atoms with Crippen molar-refractivity contribution in [2.24, 2.45) is 5.92 Å². The maximum atomic E-state index is 12.5. The van der Waals surface area contributed by atoms with Crippen molar-refractivity contribution in [1.29, 1.82) is 0 Å². The normalized spacial score (nSPS) is 19.4. The number of aliphatic carboxylic acids is 1. The van der Waals surface area contributed by atoms with Gasteiger partial charge in [-0.25, -0.2) is 4.79 Å². The first-order valence-electron chi connectivity index (χ1n) is 11.3. The average Bonchev–Trinajstić information content (AvgIpc) is 2.82. The van der Waals surface area contributed by atoms with E-state index in [0.29, 0.717) is 19.5 Å². The number of carboxylic acid groups (broad SMARTS) is 1. The van der Waals surface area contributed by atoms with Gasteiger partial charge in [-0.05, 0) is 45.7 Å². The second-order valence-corrected chi connectivity index (χ2v) is 7.98.